The van der Waals surface area contributed by atoms with Crippen molar-refractivity contribution in [2.24, 2.45) is 0 Å². The van der Waals surface area contributed by atoms with Crippen molar-refractivity contribution in [1.29, 1.82) is 0 Å². The molecule has 0 bridgehead atoms. The van der Waals surface area contributed by atoms with Crippen LogP contribution in [0.5, 0.6) is 0 Å². The minimum atomic E-state index is -0.313. The van der Waals surface area contributed by atoms with Crippen LogP contribution in [0.25, 0.3) is 22.4 Å². The SMILES string of the molecule is C=CC(=O)Nc1ccc2oc(CC(=O)N3CCN(c4cc(-c5cnc(N)nc5)nc(N5CCOCC5)c4)CC3)nc2c1. The lowest BCUT2D eigenvalue weighted by atomic mass is 10.1. The van der Waals surface area contributed by atoms with Crippen LogP contribution in [0.15, 0.2) is 59.8 Å². The van der Waals surface area contributed by atoms with Gasteiger partial charge in [-0.3, -0.25) is 9.59 Å². The standard InChI is InChI=1S/C29H31N9O4/c1-2-26(39)33-20-3-4-24-23(13-20)35-27(42-24)16-28(40)38-7-5-36(6-8-38)21-14-22(19-17-31-29(30)32-18-19)34-25(15-21)37-9-11-41-12-10-37/h2-4,13-15,17-18H,1,5-12,16H2,(H,33,39)(H2,30,31,32). The molecule has 42 heavy (non-hydrogen) atoms. The molecular weight excluding hydrogens is 538 g/mol. The van der Waals surface area contributed by atoms with Crippen molar-refractivity contribution in [2.75, 3.05) is 73.3 Å². The molecule has 0 atom stereocenters. The fraction of sp³-hybridized carbons (Fsp3) is 0.310. The number of nitrogens with one attached hydrogen (secondary N) is 1. The van der Waals surface area contributed by atoms with Gasteiger partial charge in [0, 0.05) is 74.7 Å². The van der Waals surface area contributed by atoms with Crippen molar-refractivity contribution in [3.8, 4) is 11.3 Å². The average molecular weight is 570 g/mol. The van der Waals surface area contributed by atoms with E-state index in [2.05, 4.69) is 42.7 Å². The summed E-state index contributed by atoms with van der Waals surface area (Å²) in [4.78, 5) is 48.7. The molecule has 5 heterocycles. The van der Waals surface area contributed by atoms with Gasteiger partial charge in [-0.25, -0.2) is 19.9 Å². The van der Waals surface area contributed by atoms with Crippen molar-refractivity contribution in [2.45, 2.75) is 6.42 Å². The van der Waals surface area contributed by atoms with E-state index in [1.165, 1.54) is 6.08 Å². The number of carbonyl (C=O) groups is 2. The smallest absolute Gasteiger partial charge is 0.247 e. The molecule has 3 aromatic heterocycles. The summed E-state index contributed by atoms with van der Waals surface area (Å²) in [5, 5.41) is 2.70. The topological polar surface area (TPSA) is 156 Å². The van der Waals surface area contributed by atoms with Gasteiger partial charge in [-0.05, 0) is 30.3 Å². The first-order valence-corrected chi connectivity index (χ1v) is 13.7. The predicted molar refractivity (Wildman–Crippen MR) is 158 cm³/mol. The Balaban J connectivity index is 1.14. The van der Waals surface area contributed by atoms with Gasteiger partial charge in [0.25, 0.3) is 0 Å². The Morgan fingerprint density at radius 2 is 1.74 bits per heavy atom. The van der Waals surface area contributed by atoms with Crippen molar-refractivity contribution < 1.29 is 18.7 Å². The summed E-state index contributed by atoms with van der Waals surface area (Å²) in [7, 11) is 0. The lowest BCUT2D eigenvalue weighted by molar-refractivity contribution is -0.131. The van der Waals surface area contributed by atoms with Gasteiger partial charge in [0.1, 0.15) is 17.8 Å². The van der Waals surface area contributed by atoms with Gasteiger partial charge in [-0.2, -0.15) is 0 Å². The Kier molecular flexibility index (Phi) is 7.64. The molecule has 0 aliphatic carbocycles. The van der Waals surface area contributed by atoms with Crippen LogP contribution in [-0.4, -0.2) is 89.1 Å². The summed E-state index contributed by atoms with van der Waals surface area (Å²) in [5.74, 6) is 1.05. The zero-order chi connectivity index (χ0) is 29.1. The zero-order valence-electron chi connectivity index (χ0n) is 23.0. The maximum Gasteiger partial charge on any atom is 0.247 e. The lowest BCUT2D eigenvalue weighted by Crippen LogP contribution is -2.49. The number of amides is 2. The van der Waals surface area contributed by atoms with E-state index in [-0.39, 0.29) is 24.2 Å². The highest BCUT2D eigenvalue weighted by molar-refractivity contribution is 5.99. The number of rotatable bonds is 7. The van der Waals surface area contributed by atoms with E-state index < -0.39 is 0 Å². The van der Waals surface area contributed by atoms with E-state index in [0.717, 1.165) is 35.9 Å². The number of benzene rings is 1. The molecule has 2 aliphatic rings. The molecule has 13 heteroatoms. The highest BCUT2D eigenvalue weighted by Gasteiger charge is 2.25. The number of ether oxygens (including phenoxy) is 1. The highest BCUT2D eigenvalue weighted by atomic mass is 16.5. The Hall–Kier alpha value is -5.04. The second-order valence-electron chi connectivity index (χ2n) is 10.0. The molecule has 0 spiro atoms. The summed E-state index contributed by atoms with van der Waals surface area (Å²) in [6.45, 7) is 8.73. The Morgan fingerprint density at radius 3 is 2.48 bits per heavy atom. The minimum Gasteiger partial charge on any atom is -0.440 e. The number of carbonyl (C=O) groups excluding carboxylic acids is 2. The number of morpholine rings is 1. The van der Waals surface area contributed by atoms with E-state index in [0.29, 0.717) is 62.1 Å². The van der Waals surface area contributed by atoms with E-state index in [4.69, 9.17) is 19.9 Å². The number of aromatic nitrogens is 4. The quantitative estimate of drug-likeness (QED) is 0.314. The molecule has 1 aromatic carbocycles. The van der Waals surface area contributed by atoms with Crippen LogP contribution in [0.2, 0.25) is 0 Å². The van der Waals surface area contributed by atoms with Crippen LogP contribution in [0, 0.1) is 0 Å². The number of fused-ring (bicyclic) bond motifs is 1. The third kappa shape index (κ3) is 6.00. The number of piperazine rings is 1. The summed E-state index contributed by atoms with van der Waals surface area (Å²) >= 11 is 0. The molecule has 2 amide bonds. The third-order valence-corrected chi connectivity index (χ3v) is 7.28. The van der Waals surface area contributed by atoms with Gasteiger partial charge in [0.05, 0.1) is 18.9 Å². The Morgan fingerprint density at radius 1 is 0.976 bits per heavy atom. The summed E-state index contributed by atoms with van der Waals surface area (Å²) in [6.07, 6.45) is 4.61. The molecule has 6 rings (SSSR count). The normalized spacial score (nSPS) is 15.6. The van der Waals surface area contributed by atoms with Crippen LogP contribution in [0.4, 0.5) is 23.1 Å². The fourth-order valence-electron chi connectivity index (χ4n) is 5.03. The van der Waals surface area contributed by atoms with E-state index in [1.54, 1.807) is 30.6 Å². The Labute approximate surface area is 242 Å². The monoisotopic (exact) mass is 569 g/mol. The number of pyridine rings is 1. The first-order chi connectivity index (χ1) is 20.4. The molecule has 4 aromatic rings. The average Bonchev–Trinajstić information content (AvgIpc) is 3.43. The van der Waals surface area contributed by atoms with Crippen LogP contribution in [0.1, 0.15) is 5.89 Å². The van der Waals surface area contributed by atoms with Gasteiger partial charge in [0.2, 0.25) is 23.7 Å². The second-order valence-corrected chi connectivity index (χ2v) is 10.0. The molecule has 3 N–H and O–H groups in total. The van der Waals surface area contributed by atoms with Gasteiger partial charge >= 0.3 is 0 Å². The fourth-order valence-corrected chi connectivity index (χ4v) is 5.03. The second kappa shape index (κ2) is 11.8. The maximum absolute atomic E-state index is 13.2. The molecular formula is C29H31N9O4. The number of nitrogens with two attached hydrogens (primary N) is 1. The Bertz CT molecular complexity index is 1610. The first-order valence-electron chi connectivity index (χ1n) is 13.7. The molecule has 0 saturated carbocycles. The summed E-state index contributed by atoms with van der Waals surface area (Å²) < 4.78 is 11.3. The number of nitrogens with zero attached hydrogens (tertiary/aromatic N) is 7. The predicted octanol–water partition coefficient (Wildman–Crippen LogP) is 2.11. The molecule has 2 aliphatic heterocycles. The number of hydrogen-bond acceptors (Lipinski definition) is 11. The van der Waals surface area contributed by atoms with E-state index in [9.17, 15) is 9.59 Å². The van der Waals surface area contributed by atoms with Gasteiger partial charge in [-0.1, -0.05) is 6.58 Å². The lowest BCUT2D eigenvalue weighted by Gasteiger charge is -2.37. The number of anilines is 4. The molecule has 0 radical (unpaired) electrons. The van der Waals surface area contributed by atoms with Gasteiger partial charge in [-0.15, -0.1) is 0 Å². The van der Waals surface area contributed by atoms with E-state index in [1.807, 2.05) is 11.0 Å². The minimum absolute atomic E-state index is 0.0511. The van der Waals surface area contributed by atoms with Crippen LogP contribution >= 0.6 is 0 Å². The molecule has 2 fully saturated rings. The number of hydrogen-bond donors (Lipinski definition) is 2. The van der Waals surface area contributed by atoms with Crippen LogP contribution < -0.4 is 20.9 Å². The highest BCUT2D eigenvalue weighted by Crippen LogP contribution is 2.29. The zero-order valence-corrected chi connectivity index (χ0v) is 23.0. The van der Waals surface area contributed by atoms with Crippen LogP contribution in [0.3, 0.4) is 0 Å². The summed E-state index contributed by atoms with van der Waals surface area (Å²) in [5.41, 5.74) is 9.96. The third-order valence-electron chi connectivity index (χ3n) is 7.28. The molecule has 2 saturated heterocycles. The van der Waals surface area contributed by atoms with Crippen molar-refractivity contribution in [1.82, 2.24) is 24.8 Å². The number of oxazole rings is 1. The van der Waals surface area contributed by atoms with Gasteiger partial charge < -0.3 is 34.9 Å². The van der Waals surface area contributed by atoms with Crippen molar-refractivity contribution in [3.05, 3.63) is 61.3 Å². The number of nitrogen functional groups attached to an aromatic ring is 1. The van der Waals surface area contributed by atoms with Crippen LogP contribution in [-0.2, 0) is 20.7 Å². The van der Waals surface area contributed by atoms with E-state index >= 15 is 0 Å². The maximum atomic E-state index is 13.2. The molecule has 0 unspecified atom stereocenters. The van der Waals surface area contributed by atoms with Gasteiger partial charge in [0.15, 0.2) is 5.58 Å². The van der Waals surface area contributed by atoms with Crippen molar-refractivity contribution in [3.63, 3.8) is 0 Å². The first kappa shape index (κ1) is 27.1. The molecule has 13 nitrogen and oxygen atoms in total. The summed E-state index contributed by atoms with van der Waals surface area (Å²) in [6, 6.07) is 9.26. The van der Waals surface area contributed by atoms with Crippen molar-refractivity contribution >= 4 is 46.1 Å². The largest absolute Gasteiger partial charge is 0.440 e. The molecule has 216 valence electrons.